The molecule has 2 aromatic carbocycles. The number of carbonyl (C=O) groups is 3. The molecule has 0 atom stereocenters. The summed E-state index contributed by atoms with van der Waals surface area (Å²) < 4.78 is 0. The van der Waals surface area contributed by atoms with Crippen LogP contribution in [-0.2, 0) is 14.4 Å². The highest BCUT2D eigenvalue weighted by Gasteiger charge is 2.14. The minimum Gasteiger partial charge on any atom is -0.326 e. The zero-order chi connectivity index (χ0) is 18.4. The maximum Gasteiger partial charge on any atom is 0.314 e. The van der Waals surface area contributed by atoms with Crippen LogP contribution in [0.3, 0.4) is 0 Å². The Hall–Kier alpha value is -3.15. The van der Waals surface area contributed by atoms with E-state index in [4.69, 9.17) is 0 Å². The molecule has 0 fully saturated rings. The summed E-state index contributed by atoms with van der Waals surface area (Å²) in [6.45, 7) is 5.57. The summed E-state index contributed by atoms with van der Waals surface area (Å²) in [6.07, 6.45) is 0. The molecule has 2 aromatic rings. The first-order valence-electron chi connectivity index (χ1n) is 7.95. The molecule has 0 aromatic heterocycles. The zero-order valence-corrected chi connectivity index (χ0v) is 14.4. The lowest BCUT2D eigenvalue weighted by molar-refractivity contribution is -0.132. The zero-order valence-electron chi connectivity index (χ0n) is 14.4. The quantitative estimate of drug-likeness (QED) is 0.747. The molecule has 0 heterocycles. The van der Waals surface area contributed by atoms with Crippen LogP contribution in [0.15, 0.2) is 48.5 Å². The second-order valence-electron chi connectivity index (χ2n) is 5.94. The fourth-order valence-corrected chi connectivity index (χ4v) is 2.17. The number of amides is 3. The second kappa shape index (κ2) is 8.10. The van der Waals surface area contributed by atoms with Crippen molar-refractivity contribution in [3.05, 3.63) is 54.1 Å². The molecule has 6 heteroatoms. The molecular weight excluding hydrogens is 318 g/mol. The summed E-state index contributed by atoms with van der Waals surface area (Å²) in [6, 6.07) is 13.9. The Balaban J connectivity index is 1.93. The monoisotopic (exact) mass is 339 g/mol. The van der Waals surface area contributed by atoms with Crippen LogP contribution in [0, 0.1) is 0 Å². The molecule has 2 rings (SSSR count). The van der Waals surface area contributed by atoms with E-state index in [1.807, 2.05) is 12.1 Å². The molecular formula is C19H21N3O3. The van der Waals surface area contributed by atoms with Gasteiger partial charge in [0, 0.05) is 24.0 Å². The Labute approximate surface area is 146 Å². The number of anilines is 3. The molecule has 3 amide bonds. The molecule has 0 radical (unpaired) electrons. The third-order valence-electron chi connectivity index (χ3n) is 3.50. The van der Waals surface area contributed by atoms with Gasteiger partial charge < -0.3 is 16.0 Å². The normalized spacial score (nSPS) is 10.2. The van der Waals surface area contributed by atoms with Crippen LogP contribution in [0.5, 0.6) is 0 Å². The standard InChI is InChI=1S/C19H21N3O3/c1-12(2)14-4-6-16(7-5-14)21-18(24)19(25)22-17-10-8-15(9-11-17)20-13(3)23/h4-12H,1-3H3,(H,20,23)(H,21,24)(H,22,25). The Kier molecular flexibility index (Phi) is 5.89. The highest BCUT2D eigenvalue weighted by atomic mass is 16.2. The molecule has 6 nitrogen and oxygen atoms in total. The van der Waals surface area contributed by atoms with Crippen molar-refractivity contribution in [2.45, 2.75) is 26.7 Å². The van der Waals surface area contributed by atoms with Crippen molar-refractivity contribution in [2.24, 2.45) is 0 Å². The van der Waals surface area contributed by atoms with Gasteiger partial charge in [-0.3, -0.25) is 14.4 Å². The van der Waals surface area contributed by atoms with Crippen LogP contribution in [-0.4, -0.2) is 17.7 Å². The van der Waals surface area contributed by atoms with Gasteiger partial charge in [0.15, 0.2) is 0 Å². The summed E-state index contributed by atoms with van der Waals surface area (Å²) in [7, 11) is 0. The minimum absolute atomic E-state index is 0.181. The van der Waals surface area contributed by atoms with Crippen LogP contribution in [0.25, 0.3) is 0 Å². The molecule has 0 spiro atoms. The average Bonchev–Trinajstić information content (AvgIpc) is 2.56. The van der Waals surface area contributed by atoms with Crippen LogP contribution in [0.4, 0.5) is 17.1 Å². The molecule has 0 bridgehead atoms. The summed E-state index contributed by atoms with van der Waals surface area (Å²) in [5.41, 5.74) is 2.79. The first-order valence-corrected chi connectivity index (χ1v) is 7.95. The average molecular weight is 339 g/mol. The number of benzene rings is 2. The van der Waals surface area contributed by atoms with E-state index in [1.165, 1.54) is 6.92 Å². The fraction of sp³-hybridized carbons (Fsp3) is 0.211. The number of nitrogens with one attached hydrogen (secondary N) is 3. The van der Waals surface area contributed by atoms with Crippen molar-refractivity contribution in [3.8, 4) is 0 Å². The van der Waals surface area contributed by atoms with E-state index in [0.717, 1.165) is 5.56 Å². The highest BCUT2D eigenvalue weighted by molar-refractivity contribution is 6.43. The predicted molar refractivity (Wildman–Crippen MR) is 98.5 cm³/mol. The minimum atomic E-state index is -0.764. The molecule has 0 aliphatic carbocycles. The van der Waals surface area contributed by atoms with Crippen molar-refractivity contribution >= 4 is 34.8 Å². The van der Waals surface area contributed by atoms with Crippen molar-refractivity contribution in [2.75, 3.05) is 16.0 Å². The summed E-state index contributed by atoms with van der Waals surface area (Å²) in [5, 5.41) is 7.69. The number of hydrogen-bond acceptors (Lipinski definition) is 3. The van der Waals surface area contributed by atoms with E-state index in [9.17, 15) is 14.4 Å². The maximum absolute atomic E-state index is 12.0. The van der Waals surface area contributed by atoms with Crippen molar-refractivity contribution < 1.29 is 14.4 Å². The van der Waals surface area contributed by atoms with Gasteiger partial charge in [-0.15, -0.1) is 0 Å². The second-order valence-corrected chi connectivity index (χ2v) is 5.94. The van der Waals surface area contributed by atoms with Gasteiger partial charge in [0.2, 0.25) is 5.91 Å². The summed E-state index contributed by atoms with van der Waals surface area (Å²) in [5.74, 6) is -1.29. The van der Waals surface area contributed by atoms with Gasteiger partial charge in [-0.2, -0.15) is 0 Å². The van der Waals surface area contributed by atoms with Gasteiger partial charge in [0.1, 0.15) is 0 Å². The molecule has 25 heavy (non-hydrogen) atoms. The van der Waals surface area contributed by atoms with Crippen LogP contribution < -0.4 is 16.0 Å². The lowest BCUT2D eigenvalue weighted by Gasteiger charge is -2.09. The van der Waals surface area contributed by atoms with Gasteiger partial charge >= 0.3 is 11.8 Å². The van der Waals surface area contributed by atoms with Gasteiger partial charge in [0.25, 0.3) is 0 Å². The third kappa shape index (κ3) is 5.46. The highest BCUT2D eigenvalue weighted by Crippen LogP contribution is 2.17. The van der Waals surface area contributed by atoms with Crippen molar-refractivity contribution in [1.29, 1.82) is 0 Å². The van der Waals surface area contributed by atoms with E-state index >= 15 is 0 Å². The van der Waals surface area contributed by atoms with Gasteiger partial charge in [-0.05, 0) is 47.9 Å². The van der Waals surface area contributed by atoms with Crippen LogP contribution in [0.2, 0.25) is 0 Å². The Morgan fingerprint density at radius 2 is 1.04 bits per heavy atom. The number of rotatable bonds is 4. The smallest absolute Gasteiger partial charge is 0.314 e. The van der Waals surface area contributed by atoms with Crippen molar-refractivity contribution in [3.63, 3.8) is 0 Å². The van der Waals surface area contributed by atoms with Crippen LogP contribution >= 0.6 is 0 Å². The SMILES string of the molecule is CC(=O)Nc1ccc(NC(=O)C(=O)Nc2ccc(C(C)C)cc2)cc1. The molecule has 0 aliphatic rings. The first-order chi connectivity index (χ1) is 11.8. The predicted octanol–water partition coefficient (Wildman–Crippen LogP) is 3.35. The number of hydrogen-bond donors (Lipinski definition) is 3. The molecule has 0 aliphatic heterocycles. The van der Waals surface area contributed by atoms with E-state index in [-0.39, 0.29) is 5.91 Å². The molecule has 0 saturated carbocycles. The lowest BCUT2D eigenvalue weighted by atomic mass is 10.0. The van der Waals surface area contributed by atoms with Gasteiger partial charge in [0.05, 0.1) is 0 Å². The molecule has 130 valence electrons. The topological polar surface area (TPSA) is 87.3 Å². The Morgan fingerprint density at radius 1 is 0.680 bits per heavy atom. The number of carbonyl (C=O) groups excluding carboxylic acids is 3. The largest absolute Gasteiger partial charge is 0.326 e. The first kappa shape index (κ1) is 18.2. The van der Waals surface area contributed by atoms with Gasteiger partial charge in [-0.25, -0.2) is 0 Å². The Bertz CT molecular complexity index is 766. The summed E-state index contributed by atoms with van der Waals surface area (Å²) >= 11 is 0. The van der Waals surface area contributed by atoms with E-state index in [2.05, 4.69) is 29.8 Å². The van der Waals surface area contributed by atoms with E-state index < -0.39 is 11.8 Å². The Morgan fingerprint density at radius 3 is 1.40 bits per heavy atom. The van der Waals surface area contributed by atoms with E-state index in [0.29, 0.717) is 23.0 Å². The van der Waals surface area contributed by atoms with Crippen LogP contribution in [0.1, 0.15) is 32.3 Å². The molecule has 0 saturated heterocycles. The molecule has 3 N–H and O–H groups in total. The molecule has 0 unspecified atom stereocenters. The van der Waals surface area contributed by atoms with Crippen molar-refractivity contribution in [1.82, 2.24) is 0 Å². The maximum atomic E-state index is 12.0. The third-order valence-corrected chi connectivity index (χ3v) is 3.50. The fourth-order valence-electron chi connectivity index (χ4n) is 2.17. The lowest BCUT2D eigenvalue weighted by Crippen LogP contribution is -2.29. The summed E-state index contributed by atoms with van der Waals surface area (Å²) in [4.78, 5) is 34.9. The van der Waals surface area contributed by atoms with Gasteiger partial charge in [-0.1, -0.05) is 26.0 Å². The van der Waals surface area contributed by atoms with E-state index in [1.54, 1.807) is 36.4 Å².